The van der Waals surface area contributed by atoms with E-state index in [0.717, 1.165) is 9.44 Å². The van der Waals surface area contributed by atoms with Crippen LogP contribution in [0.1, 0.15) is 37.3 Å². The quantitative estimate of drug-likeness (QED) is 0.255. The number of esters is 2. The molecule has 218 valence electrons. The maximum atomic E-state index is 14.0. The fraction of sp³-hybridized carbons (Fsp3) is 0.565. The van der Waals surface area contributed by atoms with Crippen LogP contribution in [0.15, 0.2) is 6.07 Å². The predicted octanol–water partition coefficient (Wildman–Crippen LogP) is 3.64. The molecule has 4 heterocycles. The fourth-order valence-electron chi connectivity index (χ4n) is 3.92. The molecular weight excluding hydrogens is 567 g/mol. The summed E-state index contributed by atoms with van der Waals surface area (Å²) in [6, 6.07) is 1.84. The highest BCUT2D eigenvalue weighted by Gasteiger charge is 2.62. The number of carbonyl (C=O) groups excluding carboxylic acids is 2. The second-order valence-electron chi connectivity index (χ2n) is 8.98. The maximum Gasteiger partial charge on any atom is 0.461 e. The summed E-state index contributed by atoms with van der Waals surface area (Å²) in [5, 5.41) is 7.41. The number of rotatable bonds is 10. The lowest BCUT2D eigenvalue weighted by Gasteiger charge is -2.30. The predicted molar refractivity (Wildman–Crippen MR) is 130 cm³/mol. The summed E-state index contributed by atoms with van der Waals surface area (Å²) in [4.78, 5) is 34.7. The molecule has 1 aliphatic rings. The Morgan fingerprint density at radius 2 is 1.70 bits per heavy atom. The summed E-state index contributed by atoms with van der Waals surface area (Å²) >= 11 is 1.39. The number of fused-ring (bicyclic) bond motifs is 2. The van der Waals surface area contributed by atoms with Gasteiger partial charge in [0.1, 0.15) is 30.5 Å². The summed E-state index contributed by atoms with van der Waals surface area (Å²) in [5.41, 5.74) is 0. The molecule has 3 aromatic heterocycles. The standard InChI is InChI=1S/C23H25F5N6O5S/c1-4-15-7-16-18(33-5-6-34-17(8-33)31-32-20(34)22(24,25)23(26,27)28)29-21(30-19(16)40-15)39-11-14(9-37-12(2)35)10-38-13(3)36/h7,14H,4-6,8-11H2,1-3H3. The van der Waals surface area contributed by atoms with Crippen molar-refractivity contribution < 1.29 is 45.8 Å². The van der Waals surface area contributed by atoms with Crippen LogP contribution >= 0.6 is 11.3 Å². The molecule has 0 fully saturated rings. The van der Waals surface area contributed by atoms with Gasteiger partial charge in [0.15, 0.2) is 5.82 Å². The molecule has 0 aromatic carbocycles. The Kier molecular flexibility index (Phi) is 8.41. The molecule has 0 amide bonds. The zero-order valence-electron chi connectivity index (χ0n) is 21.6. The number of ether oxygens (including phenoxy) is 3. The highest BCUT2D eigenvalue weighted by atomic mass is 32.1. The van der Waals surface area contributed by atoms with E-state index in [0.29, 0.717) is 22.5 Å². The van der Waals surface area contributed by atoms with E-state index >= 15 is 0 Å². The molecule has 0 saturated carbocycles. The second-order valence-corrected chi connectivity index (χ2v) is 10.1. The van der Waals surface area contributed by atoms with Crippen molar-refractivity contribution in [3.8, 4) is 6.01 Å². The molecule has 0 atom stereocenters. The Hall–Kier alpha value is -3.63. The number of hydrogen-bond donors (Lipinski definition) is 0. The van der Waals surface area contributed by atoms with Crippen LogP contribution in [0.2, 0.25) is 0 Å². The van der Waals surface area contributed by atoms with Crippen LogP contribution in [-0.2, 0) is 44.5 Å². The Morgan fingerprint density at radius 3 is 2.30 bits per heavy atom. The van der Waals surface area contributed by atoms with E-state index in [4.69, 9.17) is 14.2 Å². The van der Waals surface area contributed by atoms with Crippen molar-refractivity contribution in [3.63, 3.8) is 0 Å². The van der Waals surface area contributed by atoms with Gasteiger partial charge in [-0.05, 0) is 12.5 Å². The van der Waals surface area contributed by atoms with Crippen LogP contribution in [0.25, 0.3) is 10.2 Å². The minimum Gasteiger partial charge on any atom is -0.465 e. The third-order valence-corrected chi connectivity index (χ3v) is 7.11. The van der Waals surface area contributed by atoms with E-state index < -0.39 is 35.8 Å². The normalized spacial score (nSPS) is 14.0. The highest BCUT2D eigenvalue weighted by molar-refractivity contribution is 7.18. The van der Waals surface area contributed by atoms with Crippen LogP contribution in [-0.4, -0.2) is 69.2 Å². The fourth-order valence-corrected chi connectivity index (χ4v) is 4.88. The number of aryl methyl sites for hydroxylation is 1. The van der Waals surface area contributed by atoms with Gasteiger partial charge in [0.2, 0.25) is 5.82 Å². The summed E-state index contributed by atoms with van der Waals surface area (Å²) in [6.07, 6.45) is -5.11. The summed E-state index contributed by atoms with van der Waals surface area (Å²) < 4.78 is 83.4. The number of carbonyl (C=O) groups is 2. The number of aromatic nitrogens is 5. The van der Waals surface area contributed by atoms with Gasteiger partial charge < -0.3 is 23.7 Å². The molecule has 17 heteroatoms. The molecular formula is C23H25F5N6O5S. The minimum absolute atomic E-state index is 0.0381. The van der Waals surface area contributed by atoms with Crippen molar-refractivity contribution in [2.75, 3.05) is 31.3 Å². The molecule has 0 aliphatic carbocycles. The molecule has 1 aliphatic heterocycles. The third kappa shape index (κ3) is 6.23. The van der Waals surface area contributed by atoms with Crippen molar-refractivity contribution in [3.05, 3.63) is 22.6 Å². The highest BCUT2D eigenvalue weighted by Crippen LogP contribution is 2.44. The lowest BCUT2D eigenvalue weighted by Crippen LogP contribution is -2.40. The van der Waals surface area contributed by atoms with Crippen LogP contribution in [0.3, 0.4) is 0 Å². The second kappa shape index (κ2) is 11.5. The minimum atomic E-state index is -5.81. The Morgan fingerprint density at radius 1 is 1.02 bits per heavy atom. The molecule has 3 aromatic rings. The number of halogens is 5. The van der Waals surface area contributed by atoms with E-state index in [1.54, 1.807) is 4.90 Å². The smallest absolute Gasteiger partial charge is 0.461 e. The Bertz CT molecular complexity index is 1380. The van der Waals surface area contributed by atoms with Crippen LogP contribution < -0.4 is 9.64 Å². The third-order valence-electron chi connectivity index (χ3n) is 5.93. The van der Waals surface area contributed by atoms with E-state index in [-0.39, 0.29) is 51.3 Å². The van der Waals surface area contributed by atoms with Gasteiger partial charge in [-0.2, -0.15) is 31.9 Å². The first kappa shape index (κ1) is 29.4. The molecule has 0 N–H and O–H groups in total. The van der Waals surface area contributed by atoms with Crippen LogP contribution in [0.5, 0.6) is 6.01 Å². The largest absolute Gasteiger partial charge is 0.465 e. The number of alkyl halides is 5. The van der Waals surface area contributed by atoms with Gasteiger partial charge in [-0.1, -0.05) is 6.92 Å². The lowest BCUT2D eigenvalue weighted by atomic mass is 10.2. The summed E-state index contributed by atoms with van der Waals surface area (Å²) in [7, 11) is 0. The first-order valence-corrected chi connectivity index (χ1v) is 12.9. The molecule has 0 unspecified atom stereocenters. The average Bonchev–Trinajstić information content (AvgIpc) is 3.50. The number of nitrogens with zero attached hydrogens (tertiary/aromatic N) is 6. The number of anilines is 1. The Labute approximate surface area is 228 Å². The van der Waals surface area contributed by atoms with Gasteiger partial charge in [0.25, 0.3) is 0 Å². The van der Waals surface area contributed by atoms with Gasteiger partial charge >= 0.3 is 30.0 Å². The van der Waals surface area contributed by atoms with Gasteiger partial charge in [-0.25, -0.2) is 0 Å². The monoisotopic (exact) mass is 592 g/mol. The SMILES string of the molecule is CCc1cc2c(N3CCn4c(nnc4C(F)(F)C(F)(F)F)C3)nc(OCC(COC(C)=O)COC(C)=O)nc2s1. The molecule has 0 bridgehead atoms. The van der Waals surface area contributed by atoms with E-state index in [9.17, 15) is 31.5 Å². The first-order chi connectivity index (χ1) is 18.8. The molecule has 0 spiro atoms. The number of thiophene rings is 1. The van der Waals surface area contributed by atoms with Gasteiger partial charge in [-0.3, -0.25) is 9.59 Å². The van der Waals surface area contributed by atoms with E-state index in [1.807, 2.05) is 13.0 Å². The van der Waals surface area contributed by atoms with Crippen molar-refractivity contribution >= 4 is 39.3 Å². The molecule has 0 saturated heterocycles. The number of hydrogen-bond acceptors (Lipinski definition) is 11. The van der Waals surface area contributed by atoms with Gasteiger partial charge in [0.05, 0.1) is 17.8 Å². The lowest BCUT2D eigenvalue weighted by molar-refractivity contribution is -0.293. The summed E-state index contributed by atoms with van der Waals surface area (Å²) in [6.45, 7) is 3.87. The molecule has 0 radical (unpaired) electrons. The first-order valence-electron chi connectivity index (χ1n) is 12.1. The van der Waals surface area contributed by atoms with Gasteiger partial charge in [-0.15, -0.1) is 21.5 Å². The average molecular weight is 593 g/mol. The van der Waals surface area contributed by atoms with Crippen LogP contribution in [0.4, 0.5) is 27.8 Å². The topological polar surface area (TPSA) is 122 Å². The maximum absolute atomic E-state index is 14.0. The van der Waals surface area contributed by atoms with Crippen molar-refractivity contribution in [2.24, 2.45) is 5.92 Å². The molecule has 11 nitrogen and oxygen atoms in total. The van der Waals surface area contributed by atoms with E-state index in [1.165, 1.54) is 25.2 Å². The molecule has 4 rings (SSSR count). The zero-order valence-corrected chi connectivity index (χ0v) is 22.4. The van der Waals surface area contributed by atoms with Crippen molar-refractivity contribution in [1.29, 1.82) is 0 Å². The zero-order chi connectivity index (χ0) is 29.2. The van der Waals surface area contributed by atoms with Crippen molar-refractivity contribution in [2.45, 2.75) is 52.4 Å². The van der Waals surface area contributed by atoms with E-state index in [2.05, 4.69) is 20.2 Å². The summed E-state index contributed by atoms with van der Waals surface area (Å²) in [5.74, 6) is -7.87. The molecule has 40 heavy (non-hydrogen) atoms. The van der Waals surface area contributed by atoms with Crippen molar-refractivity contribution in [1.82, 2.24) is 24.7 Å². The Balaban J connectivity index is 1.61. The van der Waals surface area contributed by atoms with Crippen LogP contribution in [0, 0.1) is 5.92 Å². The van der Waals surface area contributed by atoms with Gasteiger partial charge in [0, 0.05) is 31.8 Å².